The van der Waals surface area contributed by atoms with E-state index in [1.807, 2.05) is 12.1 Å². The van der Waals surface area contributed by atoms with Crippen LogP contribution >= 0.6 is 22.6 Å². The van der Waals surface area contributed by atoms with Gasteiger partial charge in [-0.05, 0) is 59.0 Å². The lowest BCUT2D eigenvalue weighted by atomic mass is 9.90. The van der Waals surface area contributed by atoms with Gasteiger partial charge in [0.2, 0.25) is 0 Å². The maximum absolute atomic E-state index is 13.7. The van der Waals surface area contributed by atoms with Crippen molar-refractivity contribution < 1.29 is 4.39 Å². The number of piperidine rings is 1. The highest BCUT2D eigenvalue weighted by Crippen LogP contribution is 2.29. The molecule has 4 heteroatoms. The Morgan fingerprint density at radius 1 is 1.33 bits per heavy atom. The summed E-state index contributed by atoms with van der Waals surface area (Å²) in [4.78, 5) is 0. The lowest BCUT2D eigenvalue weighted by Gasteiger charge is -2.28. The topological polar surface area (TPSA) is 29.3 Å². The lowest BCUT2D eigenvalue weighted by Crippen LogP contribution is -2.38. The second-order valence-corrected chi connectivity index (χ2v) is 5.22. The summed E-state index contributed by atoms with van der Waals surface area (Å²) >= 11 is 2.13. The van der Waals surface area contributed by atoms with Crippen LogP contribution in [0, 0.1) is 9.39 Å². The van der Waals surface area contributed by atoms with Crippen molar-refractivity contribution in [2.24, 2.45) is 5.84 Å². The van der Waals surface area contributed by atoms with Gasteiger partial charge in [0.15, 0.2) is 0 Å². The van der Waals surface area contributed by atoms with Crippen molar-refractivity contribution in [2.75, 3.05) is 13.1 Å². The van der Waals surface area contributed by atoms with Crippen LogP contribution in [0.3, 0.4) is 0 Å². The smallest absolute Gasteiger partial charge is 0.127 e. The minimum Gasteiger partial charge on any atom is -0.269 e. The Labute approximate surface area is 103 Å². The number of hydrogen-bond donors (Lipinski definition) is 1. The first kappa shape index (κ1) is 11.3. The molecular formula is C11H14FIN2. The number of nitrogens with two attached hydrogens (primary N) is 1. The molecule has 0 amide bonds. The van der Waals surface area contributed by atoms with Gasteiger partial charge in [-0.1, -0.05) is 6.07 Å². The van der Waals surface area contributed by atoms with Gasteiger partial charge in [0.25, 0.3) is 0 Å². The van der Waals surface area contributed by atoms with E-state index < -0.39 is 0 Å². The lowest BCUT2D eigenvalue weighted by molar-refractivity contribution is 0.216. The van der Waals surface area contributed by atoms with E-state index in [4.69, 9.17) is 5.84 Å². The molecule has 0 saturated carbocycles. The summed E-state index contributed by atoms with van der Waals surface area (Å²) in [5, 5.41) is 1.81. The number of hydrogen-bond acceptors (Lipinski definition) is 2. The van der Waals surface area contributed by atoms with Crippen molar-refractivity contribution in [3.05, 3.63) is 33.1 Å². The molecule has 0 aromatic heterocycles. The van der Waals surface area contributed by atoms with E-state index in [0.29, 0.717) is 5.92 Å². The highest BCUT2D eigenvalue weighted by Gasteiger charge is 2.21. The largest absolute Gasteiger partial charge is 0.269 e. The summed E-state index contributed by atoms with van der Waals surface area (Å²) in [5.41, 5.74) is 0.850. The van der Waals surface area contributed by atoms with Crippen molar-refractivity contribution in [1.29, 1.82) is 0 Å². The molecule has 1 fully saturated rings. The molecule has 0 unspecified atom stereocenters. The molecule has 1 heterocycles. The molecule has 0 atom stereocenters. The molecule has 1 aliphatic rings. The molecule has 2 nitrogen and oxygen atoms in total. The average molecular weight is 320 g/mol. The van der Waals surface area contributed by atoms with Crippen LogP contribution in [0.5, 0.6) is 0 Å². The van der Waals surface area contributed by atoms with Gasteiger partial charge in [0.1, 0.15) is 5.82 Å². The normalized spacial score (nSPS) is 19.4. The molecule has 1 aromatic rings. The summed E-state index contributed by atoms with van der Waals surface area (Å²) in [7, 11) is 0. The fraction of sp³-hybridized carbons (Fsp3) is 0.455. The number of halogens is 2. The Balaban J connectivity index is 2.15. The summed E-state index contributed by atoms with van der Waals surface area (Å²) in [6, 6.07) is 5.48. The molecule has 0 aliphatic carbocycles. The minimum absolute atomic E-state index is 0.0719. The van der Waals surface area contributed by atoms with Crippen LogP contribution in [-0.2, 0) is 0 Å². The van der Waals surface area contributed by atoms with Crippen molar-refractivity contribution in [1.82, 2.24) is 5.01 Å². The molecule has 0 radical (unpaired) electrons. The maximum atomic E-state index is 13.7. The van der Waals surface area contributed by atoms with E-state index >= 15 is 0 Å². The SMILES string of the molecule is NN1CCC(c2ccc(I)cc2F)CC1. The zero-order valence-electron chi connectivity index (χ0n) is 8.42. The van der Waals surface area contributed by atoms with Gasteiger partial charge in [-0.25, -0.2) is 9.40 Å². The third kappa shape index (κ3) is 2.68. The Bertz CT molecular complexity index is 348. The predicted molar refractivity (Wildman–Crippen MR) is 66.9 cm³/mol. The summed E-state index contributed by atoms with van der Waals surface area (Å²) in [6.45, 7) is 1.71. The summed E-state index contributed by atoms with van der Waals surface area (Å²) in [6.07, 6.45) is 1.90. The molecule has 2 rings (SSSR count). The van der Waals surface area contributed by atoms with E-state index in [9.17, 15) is 4.39 Å². The highest BCUT2D eigenvalue weighted by molar-refractivity contribution is 14.1. The Kier molecular flexibility index (Phi) is 3.58. The Hall–Kier alpha value is -0.200. The van der Waals surface area contributed by atoms with E-state index in [2.05, 4.69) is 22.6 Å². The van der Waals surface area contributed by atoms with E-state index in [1.165, 1.54) is 0 Å². The molecule has 2 N–H and O–H groups in total. The van der Waals surface area contributed by atoms with E-state index in [0.717, 1.165) is 35.1 Å². The van der Waals surface area contributed by atoms with Crippen LogP contribution in [0.15, 0.2) is 18.2 Å². The third-order valence-electron chi connectivity index (χ3n) is 2.93. The van der Waals surface area contributed by atoms with Gasteiger partial charge < -0.3 is 0 Å². The standard InChI is InChI=1S/C11H14FIN2/c12-11-7-9(13)1-2-10(11)8-3-5-15(14)6-4-8/h1-2,7-8H,3-6,14H2. The first-order valence-electron chi connectivity index (χ1n) is 5.11. The van der Waals surface area contributed by atoms with Crippen molar-refractivity contribution >= 4 is 22.6 Å². The highest BCUT2D eigenvalue weighted by atomic mass is 127. The van der Waals surface area contributed by atoms with Crippen LogP contribution in [-0.4, -0.2) is 18.1 Å². The second kappa shape index (κ2) is 4.76. The second-order valence-electron chi connectivity index (χ2n) is 3.98. The first-order chi connectivity index (χ1) is 7.16. The first-order valence-corrected chi connectivity index (χ1v) is 6.19. The van der Waals surface area contributed by atoms with Gasteiger partial charge in [-0.2, -0.15) is 0 Å². The average Bonchev–Trinajstić information content (AvgIpc) is 2.20. The molecule has 0 spiro atoms. The van der Waals surface area contributed by atoms with Crippen LogP contribution in [0.1, 0.15) is 24.3 Å². The molecular weight excluding hydrogens is 306 g/mol. The van der Waals surface area contributed by atoms with E-state index in [1.54, 1.807) is 11.1 Å². The van der Waals surface area contributed by atoms with Crippen LogP contribution < -0.4 is 5.84 Å². The van der Waals surface area contributed by atoms with Gasteiger partial charge in [0.05, 0.1) is 0 Å². The molecule has 82 valence electrons. The summed E-state index contributed by atoms with van der Waals surface area (Å²) < 4.78 is 14.6. The molecule has 15 heavy (non-hydrogen) atoms. The molecule has 1 aliphatic heterocycles. The van der Waals surface area contributed by atoms with E-state index in [-0.39, 0.29) is 5.82 Å². The van der Waals surface area contributed by atoms with Crippen molar-refractivity contribution in [2.45, 2.75) is 18.8 Å². The zero-order valence-corrected chi connectivity index (χ0v) is 10.6. The molecule has 0 bridgehead atoms. The van der Waals surface area contributed by atoms with Crippen molar-refractivity contribution in [3.8, 4) is 0 Å². The summed E-state index contributed by atoms with van der Waals surface area (Å²) in [5.74, 6) is 5.94. The van der Waals surface area contributed by atoms with Gasteiger partial charge in [-0.15, -0.1) is 0 Å². The van der Waals surface area contributed by atoms with Crippen LogP contribution in [0.2, 0.25) is 0 Å². The Morgan fingerprint density at radius 2 is 2.00 bits per heavy atom. The molecule has 1 aromatic carbocycles. The quantitative estimate of drug-likeness (QED) is 0.636. The zero-order chi connectivity index (χ0) is 10.8. The van der Waals surface area contributed by atoms with Gasteiger partial charge in [0, 0.05) is 16.7 Å². The number of hydrazine groups is 1. The van der Waals surface area contributed by atoms with Crippen molar-refractivity contribution in [3.63, 3.8) is 0 Å². The Morgan fingerprint density at radius 3 is 2.60 bits per heavy atom. The van der Waals surface area contributed by atoms with Crippen LogP contribution in [0.25, 0.3) is 0 Å². The van der Waals surface area contributed by atoms with Crippen LogP contribution in [0.4, 0.5) is 4.39 Å². The monoisotopic (exact) mass is 320 g/mol. The number of benzene rings is 1. The predicted octanol–water partition coefficient (Wildman–Crippen LogP) is 2.48. The number of nitrogens with zero attached hydrogens (tertiary/aromatic N) is 1. The number of rotatable bonds is 1. The van der Waals surface area contributed by atoms with Gasteiger partial charge in [-0.3, -0.25) is 5.84 Å². The third-order valence-corrected chi connectivity index (χ3v) is 3.60. The minimum atomic E-state index is -0.0719. The molecule has 1 saturated heterocycles. The van der Waals surface area contributed by atoms with Gasteiger partial charge >= 0.3 is 0 Å². The fourth-order valence-corrected chi connectivity index (χ4v) is 2.50. The fourth-order valence-electron chi connectivity index (χ4n) is 2.04. The maximum Gasteiger partial charge on any atom is 0.127 e.